The molecule has 7 nitrogen and oxygen atoms in total. The van der Waals surface area contributed by atoms with E-state index in [-0.39, 0.29) is 23.4 Å². The van der Waals surface area contributed by atoms with Gasteiger partial charge < -0.3 is 15.4 Å². The zero-order valence-electron chi connectivity index (χ0n) is 18.9. The molecule has 0 aliphatic carbocycles. The molecule has 8 heteroatoms. The Morgan fingerprint density at radius 2 is 1.76 bits per heavy atom. The van der Waals surface area contributed by atoms with Gasteiger partial charge in [-0.2, -0.15) is 4.31 Å². The van der Waals surface area contributed by atoms with Crippen LogP contribution in [-0.4, -0.2) is 51.5 Å². The molecule has 1 heterocycles. The summed E-state index contributed by atoms with van der Waals surface area (Å²) in [7, 11) is -3.61. The minimum absolute atomic E-state index is 0.0397. The summed E-state index contributed by atoms with van der Waals surface area (Å²) in [6, 6.07) is 19.2. The maximum absolute atomic E-state index is 13.1. The van der Waals surface area contributed by atoms with E-state index in [1.807, 2.05) is 31.2 Å². The normalized spacial score (nSPS) is 15.8. The van der Waals surface area contributed by atoms with Gasteiger partial charge in [0, 0.05) is 18.8 Å². The third-order valence-corrected chi connectivity index (χ3v) is 7.92. The maximum Gasteiger partial charge on any atom is 0.243 e. The Hall–Kier alpha value is -2.94. The third kappa shape index (κ3) is 5.35. The van der Waals surface area contributed by atoms with Gasteiger partial charge >= 0.3 is 0 Å². The number of sulfonamides is 1. The number of benzene rings is 3. The zero-order chi connectivity index (χ0) is 23.4. The molecule has 0 bridgehead atoms. The first-order valence-electron chi connectivity index (χ1n) is 11.0. The molecule has 1 aliphatic rings. The van der Waals surface area contributed by atoms with Crippen LogP contribution in [0.5, 0.6) is 0 Å². The lowest BCUT2D eigenvalue weighted by atomic mass is 10.0. The number of hydrogen-bond donors (Lipinski definition) is 2. The highest BCUT2D eigenvalue weighted by Gasteiger charge is 2.28. The number of amides is 1. The number of morpholine rings is 1. The van der Waals surface area contributed by atoms with Crippen molar-refractivity contribution in [2.45, 2.75) is 24.8 Å². The van der Waals surface area contributed by atoms with E-state index >= 15 is 0 Å². The van der Waals surface area contributed by atoms with E-state index in [0.29, 0.717) is 37.6 Å². The summed E-state index contributed by atoms with van der Waals surface area (Å²) in [6.45, 7) is 5.23. The van der Waals surface area contributed by atoms with Crippen molar-refractivity contribution in [3.8, 4) is 0 Å². The van der Waals surface area contributed by atoms with Crippen LogP contribution in [0.25, 0.3) is 10.8 Å². The van der Waals surface area contributed by atoms with Crippen molar-refractivity contribution in [1.29, 1.82) is 0 Å². The molecule has 1 saturated heterocycles. The van der Waals surface area contributed by atoms with Crippen LogP contribution in [0.1, 0.15) is 24.1 Å². The van der Waals surface area contributed by atoms with Gasteiger partial charge in [0.2, 0.25) is 15.9 Å². The Labute approximate surface area is 194 Å². The number of anilines is 1. The fraction of sp³-hybridized carbons (Fsp3) is 0.320. The van der Waals surface area contributed by atoms with Crippen LogP contribution < -0.4 is 10.6 Å². The van der Waals surface area contributed by atoms with E-state index in [4.69, 9.17) is 4.74 Å². The molecule has 0 aromatic heterocycles. The van der Waals surface area contributed by atoms with E-state index in [9.17, 15) is 13.2 Å². The number of rotatable bonds is 7. The van der Waals surface area contributed by atoms with Crippen molar-refractivity contribution in [1.82, 2.24) is 9.62 Å². The Morgan fingerprint density at radius 1 is 1.03 bits per heavy atom. The van der Waals surface area contributed by atoms with Crippen LogP contribution >= 0.6 is 0 Å². The summed E-state index contributed by atoms with van der Waals surface area (Å²) in [5.74, 6) is -0.172. The van der Waals surface area contributed by atoms with Gasteiger partial charge in [-0.1, -0.05) is 42.5 Å². The molecular formula is C25H29N3O4S. The van der Waals surface area contributed by atoms with E-state index in [2.05, 4.69) is 28.8 Å². The number of carbonyl (C=O) groups excluding carboxylic acids is 1. The summed E-state index contributed by atoms with van der Waals surface area (Å²) < 4.78 is 32.8. The number of ether oxygens (including phenoxy) is 1. The van der Waals surface area contributed by atoms with Gasteiger partial charge in [-0.25, -0.2) is 8.42 Å². The van der Waals surface area contributed by atoms with Gasteiger partial charge in [-0.05, 0) is 53.9 Å². The summed E-state index contributed by atoms with van der Waals surface area (Å²) in [5, 5.41) is 8.33. The molecule has 1 fully saturated rings. The standard InChI is InChI=1S/C25H29N3O4S/c1-18-7-10-23(16-24(18)33(30,31)28-11-13-32-14-12-28)26-17-25(29)27-19(2)21-9-8-20-5-3-4-6-22(20)15-21/h3-10,15-16,19,26H,11-14,17H2,1-2H3,(H,27,29)/t19-/m1/s1. The first-order chi connectivity index (χ1) is 15.8. The predicted octanol–water partition coefficient (Wildman–Crippen LogP) is 3.46. The van der Waals surface area contributed by atoms with Crippen LogP contribution in [0.15, 0.2) is 65.6 Å². The number of nitrogens with zero attached hydrogens (tertiary/aromatic N) is 1. The molecule has 1 atom stereocenters. The van der Waals surface area contributed by atoms with Crippen molar-refractivity contribution >= 4 is 32.4 Å². The largest absolute Gasteiger partial charge is 0.379 e. The molecule has 3 aromatic carbocycles. The predicted molar refractivity (Wildman–Crippen MR) is 130 cm³/mol. The lowest BCUT2D eigenvalue weighted by Gasteiger charge is -2.27. The highest BCUT2D eigenvalue weighted by atomic mass is 32.2. The number of fused-ring (bicyclic) bond motifs is 1. The second-order valence-corrected chi connectivity index (χ2v) is 10.2. The fourth-order valence-electron chi connectivity index (χ4n) is 3.95. The molecule has 2 N–H and O–H groups in total. The topological polar surface area (TPSA) is 87.7 Å². The third-order valence-electron chi connectivity index (χ3n) is 5.88. The number of carbonyl (C=O) groups is 1. The van der Waals surface area contributed by atoms with Crippen molar-refractivity contribution in [2.24, 2.45) is 0 Å². The van der Waals surface area contributed by atoms with Crippen LogP contribution in [0.2, 0.25) is 0 Å². The number of aryl methyl sites for hydroxylation is 1. The summed E-state index contributed by atoms with van der Waals surface area (Å²) >= 11 is 0. The Bertz CT molecular complexity index is 1250. The molecule has 174 valence electrons. The monoisotopic (exact) mass is 467 g/mol. The van der Waals surface area contributed by atoms with Crippen molar-refractivity contribution in [3.05, 3.63) is 71.8 Å². The molecule has 4 rings (SSSR count). The minimum Gasteiger partial charge on any atom is -0.379 e. The quantitative estimate of drug-likeness (QED) is 0.556. The fourth-order valence-corrected chi connectivity index (χ4v) is 5.61. The molecule has 0 unspecified atom stereocenters. The highest BCUT2D eigenvalue weighted by Crippen LogP contribution is 2.24. The SMILES string of the molecule is Cc1ccc(NCC(=O)N[C@H](C)c2ccc3ccccc3c2)cc1S(=O)(=O)N1CCOCC1. The molecule has 0 spiro atoms. The Morgan fingerprint density at radius 3 is 2.52 bits per heavy atom. The van der Waals surface area contributed by atoms with Crippen molar-refractivity contribution in [3.63, 3.8) is 0 Å². The minimum atomic E-state index is -3.61. The molecule has 33 heavy (non-hydrogen) atoms. The molecule has 1 amide bonds. The van der Waals surface area contributed by atoms with E-state index < -0.39 is 10.0 Å². The maximum atomic E-state index is 13.1. The van der Waals surface area contributed by atoms with Crippen molar-refractivity contribution < 1.29 is 17.9 Å². The van der Waals surface area contributed by atoms with Gasteiger partial charge in [-0.15, -0.1) is 0 Å². The average Bonchev–Trinajstić information content (AvgIpc) is 2.83. The number of hydrogen-bond acceptors (Lipinski definition) is 5. The summed E-state index contributed by atoms with van der Waals surface area (Å²) in [5.41, 5.74) is 2.28. The summed E-state index contributed by atoms with van der Waals surface area (Å²) in [6.07, 6.45) is 0. The first-order valence-corrected chi connectivity index (χ1v) is 12.5. The van der Waals surface area contributed by atoms with Gasteiger partial charge in [0.1, 0.15) is 0 Å². The smallest absolute Gasteiger partial charge is 0.243 e. The zero-order valence-corrected chi connectivity index (χ0v) is 19.7. The first kappa shape index (κ1) is 23.2. The average molecular weight is 468 g/mol. The lowest BCUT2D eigenvalue weighted by Crippen LogP contribution is -2.40. The van der Waals surface area contributed by atoms with Gasteiger partial charge in [-0.3, -0.25) is 4.79 Å². The highest BCUT2D eigenvalue weighted by molar-refractivity contribution is 7.89. The van der Waals surface area contributed by atoms with Crippen LogP contribution in [0, 0.1) is 6.92 Å². The second-order valence-electron chi connectivity index (χ2n) is 8.25. The summed E-state index contributed by atoms with van der Waals surface area (Å²) in [4.78, 5) is 12.8. The van der Waals surface area contributed by atoms with E-state index in [0.717, 1.165) is 16.3 Å². The van der Waals surface area contributed by atoms with E-state index in [1.165, 1.54) is 4.31 Å². The van der Waals surface area contributed by atoms with Crippen LogP contribution in [0.4, 0.5) is 5.69 Å². The van der Waals surface area contributed by atoms with Crippen molar-refractivity contribution in [2.75, 3.05) is 38.2 Å². The molecule has 3 aromatic rings. The molecule has 0 radical (unpaired) electrons. The Kier molecular flexibility index (Phi) is 6.97. The number of nitrogens with one attached hydrogen (secondary N) is 2. The van der Waals surface area contributed by atoms with Gasteiger partial charge in [0.05, 0.1) is 30.7 Å². The molecule has 1 aliphatic heterocycles. The second kappa shape index (κ2) is 9.91. The Balaban J connectivity index is 1.40. The van der Waals surface area contributed by atoms with Crippen LogP contribution in [0.3, 0.4) is 0 Å². The van der Waals surface area contributed by atoms with Gasteiger partial charge in [0.15, 0.2) is 0 Å². The molecule has 0 saturated carbocycles. The lowest BCUT2D eigenvalue weighted by molar-refractivity contribution is -0.120. The van der Waals surface area contributed by atoms with Gasteiger partial charge in [0.25, 0.3) is 0 Å². The van der Waals surface area contributed by atoms with Crippen LogP contribution in [-0.2, 0) is 19.6 Å². The van der Waals surface area contributed by atoms with E-state index in [1.54, 1.807) is 25.1 Å². The molecular weight excluding hydrogens is 438 g/mol.